The molecule has 0 radical (unpaired) electrons. The van der Waals surface area contributed by atoms with Gasteiger partial charge in [-0.3, -0.25) is 0 Å². The molecule has 2 aromatic carbocycles. The Morgan fingerprint density at radius 2 is 1.50 bits per heavy atom. The molecule has 150 valence electrons. The summed E-state index contributed by atoms with van der Waals surface area (Å²) < 4.78 is 38.3. The van der Waals surface area contributed by atoms with Gasteiger partial charge in [0.25, 0.3) is 0 Å². The molecule has 0 aliphatic heterocycles. The average Bonchev–Trinajstić information content (AvgIpc) is 2.63. The maximum Gasteiger partial charge on any atom is 0.416 e. The van der Waals surface area contributed by atoms with Gasteiger partial charge in [-0.15, -0.1) is 0 Å². The third-order valence-corrected chi connectivity index (χ3v) is 6.21. The third kappa shape index (κ3) is 4.01. The zero-order valence-corrected chi connectivity index (χ0v) is 16.9. The zero-order valence-electron chi connectivity index (χ0n) is 16.9. The van der Waals surface area contributed by atoms with Gasteiger partial charge in [-0.1, -0.05) is 58.0 Å². The summed E-state index contributed by atoms with van der Waals surface area (Å²) in [5.41, 5.74) is 3.74. The third-order valence-electron chi connectivity index (χ3n) is 6.21. The Kier molecular flexibility index (Phi) is 5.20. The summed E-state index contributed by atoms with van der Waals surface area (Å²) in [6.45, 7) is 8.97. The summed E-state index contributed by atoms with van der Waals surface area (Å²) in [6.07, 6.45) is -0.847. The molecule has 0 fully saturated rings. The van der Waals surface area contributed by atoms with Crippen LogP contribution in [0.3, 0.4) is 0 Å². The first-order valence-electron chi connectivity index (χ1n) is 9.70. The lowest BCUT2D eigenvalue weighted by molar-refractivity contribution is -0.137. The van der Waals surface area contributed by atoms with E-state index in [1.165, 1.54) is 23.3 Å². The van der Waals surface area contributed by atoms with Crippen LogP contribution in [0.1, 0.15) is 74.3 Å². The molecule has 28 heavy (non-hydrogen) atoms. The van der Waals surface area contributed by atoms with Crippen LogP contribution in [0.15, 0.2) is 42.5 Å². The number of carbonyl (C=O) groups is 1. The number of halogens is 3. The molecule has 0 amide bonds. The molecule has 1 atom stereocenters. The minimum atomic E-state index is -4.35. The standard InChI is InChI=1S/C24H27F3O/c1-22(2)11-12-23(3,4)21-14-17(7-10-20(21)22)18(15-28)13-16-5-8-19(9-6-16)24(25,26)27/h5-10,14-15,18H,11-13H2,1-4H3. The molecule has 0 heterocycles. The molecule has 0 saturated heterocycles. The van der Waals surface area contributed by atoms with Gasteiger partial charge in [0.15, 0.2) is 0 Å². The first kappa shape index (κ1) is 20.6. The number of hydrogen-bond acceptors (Lipinski definition) is 1. The number of hydrogen-bond donors (Lipinski definition) is 0. The fourth-order valence-electron chi connectivity index (χ4n) is 4.17. The van der Waals surface area contributed by atoms with Gasteiger partial charge in [-0.05, 0) is 64.5 Å². The molecule has 3 rings (SSSR count). The molecule has 1 aliphatic rings. The van der Waals surface area contributed by atoms with Crippen LogP contribution in [0, 0.1) is 0 Å². The molecule has 0 N–H and O–H groups in total. The average molecular weight is 388 g/mol. The van der Waals surface area contributed by atoms with Crippen LogP contribution in [0.25, 0.3) is 0 Å². The molecule has 0 bridgehead atoms. The van der Waals surface area contributed by atoms with Crippen LogP contribution in [-0.4, -0.2) is 6.29 Å². The molecule has 1 unspecified atom stereocenters. The fourth-order valence-corrected chi connectivity index (χ4v) is 4.17. The van der Waals surface area contributed by atoms with Crippen molar-refractivity contribution in [1.82, 2.24) is 0 Å². The lowest BCUT2D eigenvalue weighted by Crippen LogP contribution is -2.34. The second-order valence-electron chi connectivity index (χ2n) is 9.21. The van der Waals surface area contributed by atoms with Crippen molar-refractivity contribution in [2.24, 2.45) is 0 Å². The van der Waals surface area contributed by atoms with Gasteiger partial charge >= 0.3 is 6.18 Å². The Bertz CT molecular complexity index is 860. The van der Waals surface area contributed by atoms with E-state index in [1.54, 1.807) is 0 Å². The first-order chi connectivity index (χ1) is 12.9. The highest BCUT2D eigenvalue weighted by Gasteiger charge is 2.37. The minimum Gasteiger partial charge on any atom is -0.303 e. The molecular formula is C24H27F3O. The van der Waals surface area contributed by atoms with Crippen LogP contribution in [0.4, 0.5) is 13.2 Å². The summed E-state index contributed by atoms with van der Waals surface area (Å²) in [5, 5.41) is 0. The molecular weight excluding hydrogens is 361 g/mol. The van der Waals surface area contributed by atoms with E-state index in [0.29, 0.717) is 6.42 Å². The van der Waals surface area contributed by atoms with Gasteiger partial charge in [-0.25, -0.2) is 0 Å². The number of alkyl halides is 3. The van der Waals surface area contributed by atoms with E-state index in [9.17, 15) is 18.0 Å². The smallest absolute Gasteiger partial charge is 0.303 e. The van der Waals surface area contributed by atoms with Crippen LogP contribution >= 0.6 is 0 Å². The molecule has 0 aromatic heterocycles. The van der Waals surface area contributed by atoms with Gasteiger partial charge in [0, 0.05) is 5.92 Å². The molecule has 0 spiro atoms. The van der Waals surface area contributed by atoms with Crippen molar-refractivity contribution in [2.45, 2.75) is 69.9 Å². The van der Waals surface area contributed by atoms with E-state index in [-0.39, 0.29) is 16.7 Å². The number of aldehydes is 1. The van der Waals surface area contributed by atoms with Crippen LogP contribution in [-0.2, 0) is 28.2 Å². The van der Waals surface area contributed by atoms with Crippen molar-refractivity contribution in [3.05, 3.63) is 70.3 Å². The van der Waals surface area contributed by atoms with E-state index in [0.717, 1.165) is 42.4 Å². The van der Waals surface area contributed by atoms with Crippen molar-refractivity contribution >= 4 is 6.29 Å². The summed E-state index contributed by atoms with van der Waals surface area (Å²) in [7, 11) is 0. The summed E-state index contributed by atoms with van der Waals surface area (Å²) in [5.74, 6) is -0.372. The predicted octanol–water partition coefficient (Wildman–Crippen LogP) is 6.58. The maximum absolute atomic E-state index is 12.8. The van der Waals surface area contributed by atoms with E-state index in [4.69, 9.17) is 0 Å². The van der Waals surface area contributed by atoms with Crippen LogP contribution in [0.5, 0.6) is 0 Å². The Labute approximate surface area is 165 Å². The molecule has 1 nitrogen and oxygen atoms in total. The fraction of sp³-hybridized carbons (Fsp3) is 0.458. The Morgan fingerprint density at radius 3 is 2.04 bits per heavy atom. The highest BCUT2D eigenvalue weighted by Crippen LogP contribution is 2.46. The van der Waals surface area contributed by atoms with Gasteiger partial charge < -0.3 is 4.79 Å². The Hall–Kier alpha value is -2.10. The molecule has 0 saturated carbocycles. The highest BCUT2D eigenvalue weighted by atomic mass is 19.4. The van der Waals surface area contributed by atoms with Crippen molar-refractivity contribution in [1.29, 1.82) is 0 Å². The lowest BCUT2D eigenvalue weighted by atomic mass is 9.62. The van der Waals surface area contributed by atoms with Crippen molar-refractivity contribution in [3.8, 4) is 0 Å². The largest absolute Gasteiger partial charge is 0.416 e. The monoisotopic (exact) mass is 388 g/mol. The van der Waals surface area contributed by atoms with E-state index in [2.05, 4.69) is 39.8 Å². The second-order valence-corrected chi connectivity index (χ2v) is 9.21. The second kappa shape index (κ2) is 7.06. The minimum absolute atomic E-state index is 0.0443. The topological polar surface area (TPSA) is 17.1 Å². The maximum atomic E-state index is 12.8. The number of fused-ring (bicyclic) bond motifs is 1. The molecule has 4 heteroatoms. The predicted molar refractivity (Wildman–Crippen MR) is 106 cm³/mol. The van der Waals surface area contributed by atoms with Gasteiger partial charge in [0.05, 0.1) is 5.56 Å². The summed E-state index contributed by atoms with van der Waals surface area (Å²) in [6, 6.07) is 11.4. The van der Waals surface area contributed by atoms with Crippen LogP contribution in [0.2, 0.25) is 0 Å². The van der Waals surface area contributed by atoms with Crippen molar-refractivity contribution < 1.29 is 18.0 Å². The SMILES string of the molecule is CC1(C)CCC(C)(C)c2cc(C(C=O)Cc3ccc(C(F)(F)F)cc3)ccc21. The van der Waals surface area contributed by atoms with E-state index in [1.807, 2.05) is 6.07 Å². The Balaban J connectivity index is 1.90. The van der Waals surface area contributed by atoms with E-state index >= 15 is 0 Å². The van der Waals surface area contributed by atoms with Gasteiger partial charge in [0.1, 0.15) is 6.29 Å². The Morgan fingerprint density at radius 1 is 0.929 bits per heavy atom. The van der Waals surface area contributed by atoms with Crippen LogP contribution < -0.4 is 0 Å². The lowest BCUT2D eigenvalue weighted by Gasteiger charge is -2.42. The number of benzene rings is 2. The van der Waals surface area contributed by atoms with Gasteiger partial charge in [0.2, 0.25) is 0 Å². The van der Waals surface area contributed by atoms with Crippen molar-refractivity contribution in [2.75, 3.05) is 0 Å². The molecule has 2 aromatic rings. The van der Waals surface area contributed by atoms with Gasteiger partial charge in [-0.2, -0.15) is 13.2 Å². The quantitative estimate of drug-likeness (QED) is 0.541. The summed E-state index contributed by atoms with van der Waals surface area (Å²) >= 11 is 0. The normalized spacial score (nSPS) is 19.0. The number of carbonyl (C=O) groups excluding carboxylic acids is 1. The van der Waals surface area contributed by atoms with Crippen molar-refractivity contribution in [3.63, 3.8) is 0 Å². The number of rotatable bonds is 4. The highest BCUT2D eigenvalue weighted by molar-refractivity contribution is 5.64. The zero-order chi connectivity index (χ0) is 20.7. The summed E-state index contributed by atoms with van der Waals surface area (Å²) in [4.78, 5) is 11.8. The first-order valence-corrected chi connectivity index (χ1v) is 9.70. The molecule has 1 aliphatic carbocycles. The van der Waals surface area contributed by atoms with E-state index < -0.39 is 11.7 Å².